The lowest BCUT2D eigenvalue weighted by atomic mass is 10.0. The van der Waals surface area contributed by atoms with Crippen LogP contribution in [0.3, 0.4) is 0 Å². The zero-order valence-electron chi connectivity index (χ0n) is 16.2. The summed E-state index contributed by atoms with van der Waals surface area (Å²) in [7, 11) is 0. The fourth-order valence-electron chi connectivity index (χ4n) is 3.93. The van der Waals surface area contributed by atoms with Gasteiger partial charge in [-0.1, -0.05) is 12.1 Å². The fourth-order valence-corrected chi connectivity index (χ4v) is 4.24. The number of nitrogens with one attached hydrogen (secondary N) is 1. The van der Waals surface area contributed by atoms with E-state index in [-0.39, 0.29) is 12.1 Å². The number of nitrogens with zero attached hydrogens (tertiary/aromatic N) is 5. The fraction of sp³-hybridized carbons (Fsp3) is 0.130. The van der Waals surface area contributed by atoms with Gasteiger partial charge < -0.3 is 14.8 Å². The Kier molecular flexibility index (Phi) is 4.94. The average Bonchev–Trinajstić information content (AvgIpc) is 3.40. The normalized spacial score (nSPS) is 18.4. The molecule has 4 aromatic rings. The molecular weight excluding hydrogens is 392 g/mol. The van der Waals surface area contributed by atoms with E-state index in [0.717, 1.165) is 22.8 Å². The molecule has 0 radical (unpaired) electrons. The molecule has 0 unspecified atom stereocenters. The van der Waals surface area contributed by atoms with Crippen LogP contribution >= 0.6 is 12.2 Å². The molecule has 1 aliphatic rings. The first-order valence-electron chi connectivity index (χ1n) is 9.77. The van der Waals surface area contributed by atoms with Gasteiger partial charge in [-0.2, -0.15) is 0 Å². The van der Waals surface area contributed by atoms with Crippen LogP contribution in [0.1, 0.15) is 29.2 Å². The second-order valence-corrected chi connectivity index (χ2v) is 7.48. The number of thiocarbonyl (C=S) groups is 1. The summed E-state index contributed by atoms with van der Waals surface area (Å²) in [6, 6.07) is 20.0. The molecule has 0 spiro atoms. The number of hydrogen-bond acceptors (Lipinski definition) is 4. The van der Waals surface area contributed by atoms with Crippen LogP contribution in [-0.4, -0.2) is 29.5 Å². The maximum absolute atomic E-state index is 5.77. The minimum Gasteiger partial charge on any atom is -0.352 e. The molecule has 1 saturated heterocycles. The van der Waals surface area contributed by atoms with Crippen LogP contribution in [0.2, 0.25) is 0 Å². The molecule has 7 heteroatoms. The first-order chi connectivity index (χ1) is 14.8. The number of hydrogen-bond donors (Lipinski definition) is 1. The molecule has 30 heavy (non-hydrogen) atoms. The van der Waals surface area contributed by atoms with Crippen LogP contribution in [0, 0.1) is 0 Å². The van der Waals surface area contributed by atoms with Crippen molar-refractivity contribution < 1.29 is 0 Å². The van der Waals surface area contributed by atoms with Gasteiger partial charge in [-0.25, -0.2) is 0 Å². The van der Waals surface area contributed by atoms with E-state index in [0.29, 0.717) is 11.7 Å². The van der Waals surface area contributed by atoms with E-state index < -0.39 is 0 Å². The topological polar surface area (TPSA) is 58.9 Å². The highest BCUT2D eigenvalue weighted by Crippen LogP contribution is 2.40. The van der Waals surface area contributed by atoms with E-state index in [9.17, 15) is 0 Å². The monoisotopic (exact) mass is 412 g/mol. The molecule has 0 saturated carbocycles. The highest BCUT2D eigenvalue weighted by Gasteiger charge is 2.41. The zero-order chi connectivity index (χ0) is 20.3. The standard InChI is InChI=1S/C23H20N6S/c30-23-27-21(19-9-2-4-13-26-19)22(29(23)16-17-7-1-3-12-25-17)20-10-6-14-28(20)18-8-5-11-24-15-18/h1-15,21-22H,16H2,(H,27,30)/t21-,22+/m0/s1. The molecular formula is C23H20N6S. The smallest absolute Gasteiger partial charge is 0.170 e. The van der Waals surface area contributed by atoms with Crippen molar-refractivity contribution in [3.8, 4) is 5.69 Å². The summed E-state index contributed by atoms with van der Waals surface area (Å²) in [4.78, 5) is 15.6. The summed E-state index contributed by atoms with van der Waals surface area (Å²) >= 11 is 5.77. The molecule has 1 fully saturated rings. The van der Waals surface area contributed by atoms with Crippen molar-refractivity contribution in [1.29, 1.82) is 0 Å². The molecule has 5 rings (SSSR count). The Labute approximate surface area is 180 Å². The Morgan fingerprint density at radius 3 is 2.50 bits per heavy atom. The minimum atomic E-state index is -0.0762. The van der Waals surface area contributed by atoms with Crippen molar-refractivity contribution >= 4 is 17.3 Å². The van der Waals surface area contributed by atoms with Crippen molar-refractivity contribution in [2.45, 2.75) is 18.6 Å². The molecule has 0 bridgehead atoms. The Hall–Kier alpha value is -3.58. The third-order valence-corrected chi connectivity index (χ3v) is 5.62. The summed E-state index contributed by atoms with van der Waals surface area (Å²) in [5.74, 6) is 0. The predicted octanol–water partition coefficient (Wildman–Crippen LogP) is 3.84. The van der Waals surface area contributed by atoms with Crippen molar-refractivity contribution in [3.05, 3.63) is 109 Å². The number of rotatable bonds is 5. The first-order valence-corrected chi connectivity index (χ1v) is 10.2. The van der Waals surface area contributed by atoms with Crippen LogP contribution < -0.4 is 5.32 Å². The largest absolute Gasteiger partial charge is 0.352 e. The second kappa shape index (κ2) is 8.04. The van der Waals surface area contributed by atoms with Crippen molar-refractivity contribution in [2.24, 2.45) is 0 Å². The third kappa shape index (κ3) is 3.44. The van der Waals surface area contributed by atoms with E-state index in [2.05, 4.69) is 54.1 Å². The Bertz CT molecular complexity index is 1130. The van der Waals surface area contributed by atoms with Crippen molar-refractivity contribution in [2.75, 3.05) is 0 Å². The highest BCUT2D eigenvalue weighted by atomic mass is 32.1. The highest BCUT2D eigenvalue weighted by molar-refractivity contribution is 7.80. The van der Waals surface area contributed by atoms with E-state index >= 15 is 0 Å². The molecule has 0 aliphatic carbocycles. The summed E-state index contributed by atoms with van der Waals surface area (Å²) < 4.78 is 2.16. The molecule has 2 atom stereocenters. The lowest BCUT2D eigenvalue weighted by Gasteiger charge is -2.28. The van der Waals surface area contributed by atoms with Crippen LogP contribution in [-0.2, 0) is 6.54 Å². The maximum Gasteiger partial charge on any atom is 0.170 e. The van der Waals surface area contributed by atoms with Crippen molar-refractivity contribution in [3.63, 3.8) is 0 Å². The van der Waals surface area contributed by atoms with Gasteiger partial charge in [0.25, 0.3) is 0 Å². The van der Waals surface area contributed by atoms with Crippen LogP contribution in [0.5, 0.6) is 0 Å². The molecule has 4 aromatic heterocycles. The van der Waals surface area contributed by atoms with Crippen LogP contribution in [0.15, 0.2) is 91.6 Å². The van der Waals surface area contributed by atoms with Gasteiger partial charge in [0, 0.05) is 30.5 Å². The molecule has 5 heterocycles. The average molecular weight is 413 g/mol. The van der Waals surface area contributed by atoms with Gasteiger partial charge >= 0.3 is 0 Å². The molecule has 6 nitrogen and oxygen atoms in total. The number of aromatic nitrogens is 4. The second-order valence-electron chi connectivity index (χ2n) is 7.09. The summed E-state index contributed by atoms with van der Waals surface area (Å²) in [6.07, 6.45) is 9.33. The lowest BCUT2D eigenvalue weighted by molar-refractivity contribution is 0.299. The van der Waals surface area contributed by atoms with Gasteiger partial charge in [-0.05, 0) is 60.7 Å². The van der Waals surface area contributed by atoms with Gasteiger partial charge in [0.15, 0.2) is 5.11 Å². The quantitative estimate of drug-likeness (QED) is 0.503. The Balaban J connectivity index is 1.60. The van der Waals surface area contributed by atoms with Gasteiger partial charge in [-0.15, -0.1) is 0 Å². The summed E-state index contributed by atoms with van der Waals surface area (Å²) in [6.45, 7) is 0.610. The van der Waals surface area contributed by atoms with Gasteiger partial charge in [0.1, 0.15) is 0 Å². The molecule has 148 valence electrons. The first kappa shape index (κ1) is 18.4. The maximum atomic E-state index is 5.77. The predicted molar refractivity (Wildman–Crippen MR) is 119 cm³/mol. The van der Waals surface area contributed by atoms with E-state index in [1.807, 2.05) is 61.1 Å². The van der Waals surface area contributed by atoms with Gasteiger partial charge in [-0.3, -0.25) is 15.0 Å². The molecule has 1 N–H and O–H groups in total. The summed E-state index contributed by atoms with van der Waals surface area (Å²) in [5.41, 5.74) is 4.04. The van der Waals surface area contributed by atoms with Gasteiger partial charge in [0.2, 0.25) is 0 Å². The lowest BCUT2D eigenvalue weighted by Crippen LogP contribution is -2.30. The third-order valence-electron chi connectivity index (χ3n) is 5.26. The number of pyridine rings is 3. The molecule has 1 aliphatic heterocycles. The van der Waals surface area contributed by atoms with Gasteiger partial charge in [0.05, 0.1) is 41.9 Å². The Morgan fingerprint density at radius 2 is 1.77 bits per heavy atom. The minimum absolute atomic E-state index is 0.0513. The van der Waals surface area contributed by atoms with E-state index in [1.54, 1.807) is 6.20 Å². The zero-order valence-corrected chi connectivity index (χ0v) is 17.0. The Morgan fingerprint density at radius 1 is 0.900 bits per heavy atom. The van der Waals surface area contributed by atoms with E-state index in [4.69, 9.17) is 12.2 Å². The SMILES string of the molecule is S=C1N[C@@H](c2ccccn2)[C@@H](c2cccn2-c2cccnc2)N1Cc1ccccn1. The van der Waals surface area contributed by atoms with Crippen LogP contribution in [0.4, 0.5) is 0 Å². The van der Waals surface area contributed by atoms with Crippen molar-refractivity contribution in [1.82, 2.24) is 29.7 Å². The molecule has 0 aromatic carbocycles. The van der Waals surface area contributed by atoms with Crippen LogP contribution in [0.25, 0.3) is 5.69 Å². The summed E-state index contributed by atoms with van der Waals surface area (Å²) in [5, 5.41) is 4.19. The molecule has 0 amide bonds. The van der Waals surface area contributed by atoms with E-state index in [1.165, 1.54) is 0 Å².